The minimum atomic E-state index is -1.15. The van der Waals surface area contributed by atoms with Crippen LogP contribution in [-0.4, -0.2) is 75.7 Å². The van der Waals surface area contributed by atoms with Crippen LogP contribution in [0.25, 0.3) is 0 Å². The highest BCUT2D eigenvalue weighted by molar-refractivity contribution is 5.98. The Morgan fingerprint density at radius 1 is 1.26 bits per heavy atom. The van der Waals surface area contributed by atoms with Crippen molar-refractivity contribution in [2.45, 2.75) is 83.2 Å². The summed E-state index contributed by atoms with van der Waals surface area (Å²) in [5, 5.41) is 10.4. The van der Waals surface area contributed by atoms with Crippen molar-refractivity contribution in [3.63, 3.8) is 0 Å². The Bertz CT molecular complexity index is 1040. The number of amides is 2. The highest BCUT2D eigenvalue weighted by Gasteiger charge is 2.79. The van der Waals surface area contributed by atoms with E-state index in [2.05, 4.69) is 6.58 Å². The Labute approximate surface area is 226 Å². The molecule has 3 aliphatic heterocycles. The van der Waals surface area contributed by atoms with Gasteiger partial charge in [-0.25, -0.2) is 0 Å². The molecule has 2 bridgehead atoms. The van der Waals surface area contributed by atoms with Crippen LogP contribution in [0.4, 0.5) is 0 Å². The molecule has 0 radical (unpaired) electrons. The molecular formula is C30H42N2O6. The number of aliphatic hydroxyl groups is 1. The lowest BCUT2D eigenvalue weighted by atomic mass is 9.65. The Morgan fingerprint density at radius 3 is 2.55 bits per heavy atom. The summed E-state index contributed by atoms with van der Waals surface area (Å²) in [5.41, 5.74) is -1.03. The van der Waals surface area contributed by atoms with Crippen LogP contribution in [0.5, 0.6) is 0 Å². The molecule has 4 rings (SSSR count). The van der Waals surface area contributed by atoms with Gasteiger partial charge >= 0.3 is 5.97 Å². The first kappa shape index (κ1) is 28.3. The van der Waals surface area contributed by atoms with Crippen molar-refractivity contribution in [3.8, 4) is 0 Å². The zero-order chi connectivity index (χ0) is 27.7. The lowest BCUT2D eigenvalue weighted by molar-refractivity contribution is -0.163. The third-order valence-electron chi connectivity index (χ3n) is 8.62. The number of rotatable bonds is 12. The maximum atomic E-state index is 14.5. The van der Waals surface area contributed by atoms with Crippen LogP contribution in [0, 0.1) is 17.8 Å². The van der Waals surface area contributed by atoms with Crippen molar-refractivity contribution >= 4 is 17.8 Å². The van der Waals surface area contributed by atoms with Crippen molar-refractivity contribution in [2.75, 3.05) is 19.8 Å². The molecule has 3 fully saturated rings. The molecule has 1 aromatic rings. The predicted molar refractivity (Wildman–Crippen MR) is 143 cm³/mol. The molecule has 2 amide bonds. The zero-order valence-corrected chi connectivity index (χ0v) is 23.1. The van der Waals surface area contributed by atoms with Crippen LogP contribution in [0.2, 0.25) is 0 Å². The SMILES string of the molecule is C=CCN(Cc1ccccc1)C(=O)C1N([C@@H](CO)CC(C)C)C(=O)[C@@H]2[C@@H](C(=O)OCC)[C@@]3(CC)CCC12O3. The molecule has 1 aromatic carbocycles. The number of aliphatic hydroxyl groups excluding tert-OH is 1. The van der Waals surface area contributed by atoms with Crippen LogP contribution in [0.1, 0.15) is 58.9 Å². The quantitative estimate of drug-likeness (QED) is 0.332. The lowest BCUT2D eigenvalue weighted by Crippen LogP contribution is -2.59. The van der Waals surface area contributed by atoms with Gasteiger partial charge in [0.2, 0.25) is 11.8 Å². The largest absolute Gasteiger partial charge is 0.466 e. The van der Waals surface area contributed by atoms with Gasteiger partial charge in [-0.3, -0.25) is 14.4 Å². The van der Waals surface area contributed by atoms with E-state index in [4.69, 9.17) is 9.47 Å². The number of carbonyl (C=O) groups excluding carboxylic acids is 3. The molecule has 3 heterocycles. The molecule has 3 aliphatic rings. The van der Waals surface area contributed by atoms with Crippen molar-refractivity contribution in [3.05, 3.63) is 48.6 Å². The summed E-state index contributed by atoms with van der Waals surface area (Å²) >= 11 is 0. The second-order valence-electron chi connectivity index (χ2n) is 11.3. The first-order valence-electron chi connectivity index (χ1n) is 13.9. The van der Waals surface area contributed by atoms with E-state index in [1.807, 2.05) is 51.1 Å². The summed E-state index contributed by atoms with van der Waals surface area (Å²) in [4.78, 5) is 45.4. The maximum absolute atomic E-state index is 14.5. The van der Waals surface area contributed by atoms with Crippen LogP contribution in [0.15, 0.2) is 43.0 Å². The lowest BCUT2D eigenvalue weighted by Gasteiger charge is -2.40. The fraction of sp³-hybridized carbons (Fsp3) is 0.633. The third-order valence-corrected chi connectivity index (χ3v) is 8.62. The molecule has 208 valence electrons. The number of hydrogen-bond acceptors (Lipinski definition) is 6. The van der Waals surface area contributed by atoms with Gasteiger partial charge in [-0.1, -0.05) is 57.2 Å². The molecule has 8 nitrogen and oxygen atoms in total. The van der Waals surface area contributed by atoms with E-state index < -0.39 is 41.1 Å². The van der Waals surface area contributed by atoms with Gasteiger partial charge in [-0.2, -0.15) is 0 Å². The number of likely N-dealkylation sites (tertiary alicyclic amines) is 1. The molecule has 0 aliphatic carbocycles. The minimum absolute atomic E-state index is 0.183. The van der Waals surface area contributed by atoms with Crippen LogP contribution in [0.3, 0.4) is 0 Å². The number of esters is 1. The molecular weight excluding hydrogens is 484 g/mol. The Kier molecular flexibility index (Phi) is 8.33. The van der Waals surface area contributed by atoms with Gasteiger partial charge < -0.3 is 24.4 Å². The van der Waals surface area contributed by atoms with E-state index in [-0.39, 0.29) is 30.9 Å². The van der Waals surface area contributed by atoms with Crippen molar-refractivity contribution < 1.29 is 29.0 Å². The Balaban J connectivity index is 1.82. The summed E-state index contributed by atoms with van der Waals surface area (Å²) in [7, 11) is 0. The Morgan fingerprint density at radius 2 is 1.97 bits per heavy atom. The van der Waals surface area contributed by atoms with E-state index in [0.717, 1.165) is 5.56 Å². The number of nitrogens with zero attached hydrogens (tertiary/aromatic N) is 2. The third kappa shape index (κ3) is 4.56. The molecule has 0 aromatic heterocycles. The van der Waals surface area contributed by atoms with Gasteiger partial charge in [0.15, 0.2) is 0 Å². The van der Waals surface area contributed by atoms with Gasteiger partial charge in [0.25, 0.3) is 0 Å². The first-order valence-corrected chi connectivity index (χ1v) is 13.9. The summed E-state index contributed by atoms with van der Waals surface area (Å²) in [6, 6.07) is 8.16. The fourth-order valence-corrected chi connectivity index (χ4v) is 7.10. The topological polar surface area (TPSA) is 96.4 Å². The van der Waals surface area contributed by atoms with E-state index in [0.29, 0.717) is 38.8 Å². The number of carbonyl (C=O) groups is 3. The molecule has 0 saturated carbocycles. The maximum Gasteiger partial charge on any atom is 0.312 e. The van der Waals surface area contributed by atoms with E-state index in [1.54, 1.807) is 22.8 Å². The number of fused-ring (bicyclic) bond motifs is 1. The molecule has 8 heteroatoms. The van der Waals surface area contributed by atoms with Crippen molar-refractivity contribution in [1.29, 1.82) is 0 Å². The second-order valence-corrected chi connectivity index (χ2v) is 11.3. The molecule has 38 heavy (non-hydrogen) atoms. The highest BCUT2D eigenvalue weighted by Crippen LogP contribution is 2.65. The monoisotopic (exact) mass is 526 g/mol. The van der Waals surface area contributed by atoms with Gasteiger partial charge in [0.05, 0.1) is 30.8 Å². The summed E-state index contributed by atoms with van der Waals surface area (Å²) in [6.45, 7) is 12.2. The van der Waals surface area contributed by atoms with Crippen molar-refractivity contribution in [2.24, 2.45) is 17.8 Å². The fourth-order valence-electron chi connectivity index (χ4n) is 7.10. The molecule has 2 unspecified atom stereocenters. The number of hydrogen-bond donors (Lipinski definition) is 1. The number of ether oxygens (including phenoxy) is 2. The van der Waals surface area contributed by atoms with Crippen LogP contribution >= 0.6 is 0 Å². The van der Waals surface area contributed by atoms with Gasteiger partial charge in [-0.15, -0.1) is 6.58 Å². The summed E-state index contributed by atoms with van der Waals surface area (Å²) < 4.78 is 12.3. The summed E-state index contributed by atoms with van der Waals surface area (Å²) in [6.07, 6.45) is 3.81. The van der Waals surface area contributed by atoms with Crippen LogP contribution in [-0.2, 0) is 30.4 Å². The van der Waals surface area contributed by atoms with Gasteiger partial charge in [0.1, 0.15) is 17.6 Å². The smallest absolute Gasteiger partial charge is 0.312 e. The summed E-state index contributed by atoms with van der Waals surface area (Å²) in [5.74, 6) is -2.42. The second kappa shape index (κ2) is 11.2. The zero-order valence-electron chi connectivity index (χ0n) is 23.1. The first-order chi connectivity index (χ1) is 18.2. The van der Waals surface area contributed by atoms with Gasteiger partial charge in [-0.05, 0) is 44.1 Å². The van der Waals surface area contributed by atoms with E-state index in [1.165, 1.54) is 0 Å². The molecule has 3 saturated heterocycles. The average molecular weight is 527 g/mol. The predicted octanol–water partition coefficient (Wildman–Crippen LogP) is 3.33. The van der Waals surface area contributed by atoms with E-state index >= 15 is 0 Å². The standard InChI is InChI=1S/C30H42N2O6/c1-6-16-31(18-21-12-10-9-11-13-21)27(35)25-30-15-14-29(7-2,38-30)24(28(36)37-8-3)23(30)26(34)32(25)22(19-33)17-20(4)5/h6,9-13,20,22-25,33H,1,7-8,14-19H2,2-5H3/t22-,23+,24+,25?,29-,30?/m1/s1. The molecule has 6 atom stereocenters. The number of benzene rings is 1. The minimum Gasteiger partial charge on any atom is -0.466 e. The normalized spacial score (nSPS) is 30.4. The van der Waals surface area contributed by atoms with Crippen molar-refractivity contribution in [1.82, 2.24) is 9.80 Å². The molecule has 1 spiro atoms. The molecule has 1 N–H and O–H groups in total. The van der Waals surface area contributed by atoms with Gasteiger partial charge in [0, 0.05) is 13.1 Å². The Hall–Kier alpha value is -2.71. The van der Waals surface area contributed by atoms with Crippen LogP contribution < -0.4 is 0 Å². The average Bonchev–Trinajstić information content (AvgIpc) is 3.51. The highest BCUT2D eigenvalue weighted by atomic mass is 16.6. The van der Waals surface area contributed by atoms with E-state index in [9.17, 15) is 19.5 Å².